The summed E-state index contributed by atoms with van der Waals surface area (Å²) >= 11 is 0. The Kier molecular flexibility index (Phi) is 4.91. The van der Waals surface area contributed by atoms with Crippen LogP contribution in [0.3, 0.4) is 0 Å². The highest BCUT2D eigenvalue weighted by molar-refractivity contribution is 5.94. The second kappa shape index (κ2) is 7.53. The van der Waals surface area contributed by atoms with Crippen LogP contribution >= 0.6 is 0 Å². The van der Waals surface area contributed by atoms with Gasteiger partial charge in [-0.05, 0) is 36.4 Å². The van der Waals surface area contributed by atoms with Gasteiger partial charge in [0.2, 0.25) is 0 Å². The predicted molar refractivity (Wildman–Crippen MR) is 98.7 cm³/mol. The SMILES string of the molecule is O=C(c1ccc(-n2cncn2)cc1)N1CCN(c2ccc(C(F)(F)F)cn2)CC1. The highest BCUT2D eigenvalue weighted by Crippen LogP contribution is 2.29. The summed E-state index contributed by atoms with van der Waals surface area (Å²) < 4.78 is 39.6. The molecule has 0 aliphatic carbocycles. The lowest BCUT2D eigenvalue weighted by atomic mass is 10.1. The number of carbonyl (C=O) groups is 1. The van der Waals surface area contributed by atoms with Crippen molar-refractivity contribution in [3.63, 3.8) is 0 Å². The number of hydrogen-bond donors (Lipinski definition) is 0. The third-order valence-corrected chi connectivity index (χ3v) is 4.76. The number of benzene rings is 1. The molecule has 1 aliphatic rings. The summed E-state index contributed by atoms with van der Waals surface area (Å²) in [5.41, 5.74) is 0.594. The second-order valence-electron chi connectivity index (χ2n) is 6.57. The monoisotopic (exact) mass is 402 g/mol. The summed E-state index contributed by atoms with van der Waals surface area (Å²) in [4.78, 5) is 24.1. The van der Waals surface area contributed by atoms with E-state index in [2.05, 4.69) is 15.1 Å². The number of piperazine rings is 1. The molecule has 0 radical (unpaired) electrons. The van der Waals surface area contributed by atoms with Crippen LogP contribution in [0.1, 0.15) is 15.9 Å². The molecule has 0 spiro atoms. The molecule has 29 heavy (non-hydrogen) atoms. The molecular weight excluding hydrogens is 385 g/mol. The van der Waals surface area contributed by atoms with E-state index in [1.807, 2.05) is 4.90 Å². The van der Waals surface area contributed by atoms with Crippen LogP contribution in [0, 0.1) is 0 Å². The summed E-state index contributed by atoms with van der Waals surface area (Å²) in [6.07, 6.45) is -0.556. The lowest BCUT2D eigenvalue weighted by molar-refractivity contribution is -0.137. The fourth-order valence-electron chi connectivity index (χ4n) is 3.16. The van der Waals surface area contributed by atoms with E-state index < -0.39 is 11.7 Å². The molecule has 0 N–H and O–H groups in total. The van der Waals surface area contributed by atoms with Crippen molar-refractivity contribution in [2.45, 2.75) is 6.18 Å². The maximum Gasteiger partial charge on any atom is 0.417 e. The van der Waals surface area contributed by atoms with E-state index in [4.69, 9.17) is 0 Å². The lowest BCUT2D eigenvalue weighted by Gasteiger charge is -2.35. The molecule has 1 amide bonds. The standard InChI is InChI=1S/C19H17F3N6O/c20-19(21,22)15-3-6-17(24-11-15)26-7-9-27(10-8-26)18(29)14-1-4-16(5-2-14)28-13-23-12-25-28/h1-6,11-13H,7-10H2. The number of amides is 1. The number of anilines is 1. The van der Waals surface area contributed by atoms with Crippen LogP contribution in [0.5, 0.6) is 0 Å². The topological polar surface area (TPSA) is 67.2 Å². The van der Waals surface area contributed by atoms with Gasteiger partial charge in [-0.2, -0.15) is 18.3 Å². The maximum atomic E-state index is 12.7. The molecule has 0 bridgehead atoms. The van der Waals surface area contributed by atoms with Gasteiger partial charge in [0, 0.05) is 37.9 Å². The van der Waals surface area contributed by atoms with Gasteiger partial charge in [-0.25, -0.2) is 14.6 Å². The first-order valence-electron chi connectivity index (χ1n) is 8.94. The summed E-state index contributed by atoms with van der Waals surface area (Å²) in [7, 11) is 0. The molecular formula is C19H17F3N6O. The summed E-state index contributed by atoms with van der Waals surface area (Å²) in [5.74, 6) is 0.387. The van der Waals surface area contributed by atoms with Crippen molar-refractivity contribution in [3.05, 3.63) is 66.4 Å². The fraction of sp³-hybridized carbons (Fsp3) is 0.263. The number of rotatable bonds is 3. The minimum Gasteiger partial charge on any atom is -0.353 e. The van der Waals surface area contributed by atoms with Gasteiger partial charge in [-0.1, -0.05) is 0 Å². The van der Waals surface area contributed by atoms with Gasteiger partial charge < -0.3 is 9.80 Å². The Morgan fingerprint density at radius 2 is 1.69 bits per heavy atom. The molecule has 1 saturated heterocycles. The van der Waals surface area contributed by atoms with E-state index >= 15 is 0 Å². The summed E-state index contributed by atoms with van der Waals surface area (Å²) in [5, 5.41) is 4.04. The lowest BCUT2D eigenvalue weighted by Crippen LogP contribution is -2.49. The smallest absolute Gasteiger partial charge is 0.353 e. The summed E-state index contributed by atoms with van der Waals surface area (Å²) in [6, 6.07) is 9.46. The average Bonchev–Trinajstić information content (AvgIpc) is 3.28. The van der Waals surface area contributed by atoms with Crippen molar-refractivity contribution >= 4 is 11.7 Å². The maximum absolute atomic E-state index is 12.7. The van der Waals surface area contributed by atoms with Gasteiger partial charge in [0.1, 0.15) is 18.5 Å². The molecule has 7 nitrogen and oxygen atoms in total. The third kappa shape index (κ3) is 4.05. The largest absolute Gasteiger partial charge is 0.417 e. The zero-order chi connectivity index (χ0) is 20.4. The molecule has 1 aromatic carbocycles. The summed E-state index contributed by atoms with van der Waals surface area (Å²) in [6.45, 7) is 1.93. The quantitative estimate of drug-likeness (QED) is 0.674. The minimum absolute atomic E-state index is 0.0878. The molecule has 10 heteroatoms. The van der Waals surface area contributed by atoms with Crippen LogP contribution in [-0.2, 0) is 6.18 Å². The minimum atomic E-state index is -4.40. The first kappa shape index (κ1) is 18.9. The normalized spacial score (nSPS) is 14.9. The van der Waals surface area contributed by atoms with Gasteiger partial charge in [0.05, 0.1) is 11.3 Å². The average molecular weight is 402 g/mol. The zero-order valence-electron chi connectivity index (χ0n) is 15.3. The zero-order valence-corrected chi connectivity index (χ0v) is 15.3. The van der Waals surface area contributed by atoms with Crippen LogP contribution < -0.4 is 4.90 Å². The van der Waals surface area contributed by atoms with E-state index in [9.17, 15) is 18.0 Å². The van der Waals surface area contributed by atoms with Crippen LogP contribution in [-0.4, -0.2) is 56.7 Å². The molecule has 2 aromatic heterocycles. The van der Waals surface area contributed by atoms with Gasteiger partial charge in [-0.15, -0.1) is 0 Å². The van der Waals surface area contributed by atoms with Gasteiger partial charge in [0.15, 0.2) is 0 Å². The van der Waals surface area contributed by atoms with Gasteiger partial charge in [0.25, 0.3) is 5.91 Å². The number of alkyl halides is 3. The Morgan fingerprint density at radius 3 is 2.24 bits per heavy atom. The number of halogens is 3. The van der Waals surface area contributed by atoms with E-state index in [1.54, 1.807) is 40.2 Å². The third-order valence-electron chi connectivity index (χ3n) is 4.76. The van der Waals surface area contributed by atoms with E-state index in [0.29, 0.717) is 37.6 Å². The van der Waals surface area contributed by atoms with Crippen LogP contribution in [0.15, 0.2) is 55.2 Å². The molecule has 3 aromatic rings. The van der Waals surface area contributed by atoms with E-state index in [1.165, 1.54) is 12.4 Å². The van der Waals surface area contributed by atoms with Crippen molar-refractivity contribution < 1.29 is 18.0 Å². The van der Waals surface area contributed by atoms with Crippen LogP contribution in [0.25, 0.3) is 5.69 Å². The number of pyridine rings is 1. The molecule has 0 atom stereocenters. The first-order chi connectivity index (χ1) is 13.9. The van der Waals surface area contributed by atoms with Crippen LogP contribution in [0.4, 0.5) is 19.0 Å². The Morgan fingerprint density at radius 1 is 0.966 bits per heavy atom. The van der Waals surface area contributed by atoms with Gasteiger partial charge in [-0.3, -0.25) is 4.79 Å². The Labute approximate surface area is 164 Å². The Bertz CT molecular complexity index is 963. The molecule has 0 unspecified atom stereocenters. The number of hydrogen-bond acceptors (Lipinski definition) is 5. The molecule has 0 saturated carbocycles. The highest BCUT2D eigenvalue weighted by Gasteiger charge is 2.31. The van der Waals surface area contributed by atoms with E-state index in [0.717, 1.165) is 18.0 Å². The highest BCUT2D eigenvalue weighted by atomic mass is 19.4. The van der Waals surface area contributed by atoms with Gasteiger partial charge >= 0.3 is 6.18 Å². The van der Waals surface area contributed by atoms with E-state index in [-0.39, 0.29) is 5.91 Å². The van der Waals surface area contributed by atoms with Crippen molar-refractivity contribution in [2.75, 3.05) is 31.1 Å². The Balaban J connectivity index is 1.37. The predicted octanol–water partition coefficient (Wildman–Crippen LogP) is 2.64. The number of aromatic nitrogens is 4. The Hall–Kier alpha value is -3.43. The molecule has 1 aliphatic heterocycles. The van der Waals surface area contributed by atoms with Crippen molar-refractivity contribution in [1.29, 1.82) is 0 Å². The fourth-order valence-corrected chi connectivity index (χ4v) is 3.16. The molecule has 1 fully saturated rings. The number of carbonyl (C=O) groups excluding carboxylic acids is 1. The van der Waals surface area contributed by atoms with Crippen molar-refractivity contribution in [2.24, 2.45) is 0 Å². The van der Waals surface area contributed by atoms with Crippen molar-refractivity contribution in [3.8, 4) is 5.69 Å². The second-order valence-corrected chi connectivity index (χ2v) is 6.57. The molecule has 3 heterocycles. The first-order valence-corrected chi connectivity index (χ1v) is 8.94. The molecule has 4 rings (SSSR count). The van der Waals surface area contributed by atoms with Crippen LogP contribution in [0.2, 0.25) is 0 Å². The van der Waals surface area contributed by atoms with Crippen molar-refractivity contribution in [1.82, 2.24) is 24.6 Å². The molecule has 150 valence electrons. The number of nitrogens with zero attached hydrogens (tertiary/aromatic N) is 6.